The fourth-order valence-corrected chi connectivity index (χ4v) is 3.04. The standard InChI is InChI=1S/C16H29N5/c1-11-6-8-14(9-7-11)19-16(17-4)18-10-15-12(2)20-21(5)13(15)3/h11,14H,6-10H2,1-5H3,(H2,17,18,19). The van der Waals surface area contributed by atoms with E-state index < -0.39 is 0 Å². The van der Waals surface area contributed by atoms with Gasteiger partial charge in [-0.15, -0.1) is 0 Å². The van der Waals surface area contributed by atoms with E-state index in [-0.39, 0.29) is 0 Å². The summed E-state index contributed by atoms with van der Waals surface area (Å²) in [4.78, 5) is 4.35. The Labute approximate surface area is 128 Å². The van der Waals surface area contributed by atoms with Crippen molar-refractivity contribution >= 4 is 5.96 Å². The Morgan fingerprint density at radius 2 is 1.95 bits per heavy atom. The molecule has 0 amide bonds. The van der Waals surface area contributed by atoms with Gasteiger partial charge in [0.2, 0.25) is 0 Å². The monoisotopic (exact) mass is 291 g/mol. The zero-order valence-electron chi connectivity index (χ0n) is 14.0. The highest BCUT2D eigenvalue weighted by Gasteiger charge is 2.19. The van der Waals surface area contributed by atoms with E-state index in [1.54, 1.807) is 0 Å². The van der Waals surface area contributed by atoms with Crippen molar-refractivity contribution in [3.63, 3.8) is 0 Å². The van der Waals surface area contributed by atoms with Gasteiger partial charge < -0.3 is 10.6 Å². The van der Waals surface area contributed by atoms with E-state index in [4.69, 9.17) is 0 Å². The molecule has 0 atom stereocenters. The molecule has 0 radical (unpaired) electrons. The Balaban J connectivity index is 1.88. The molecule has 1 fully saturated rings. The van der Waals surface area contributed by atoms with Gasteiger partial charge in [-0.25, -0.2) is 0 Å². The normalized spacial score (nSPS) is 23.2. The first-order valence-electron chi connectivity index (χ1n) is 7.97. The molecule has 5 heteroatoms. The number of aryl methyl sites for hydroxylation is 2. The fraction of sp³-hybridized carbons (Fsp3) is 0.750. The number of nitrogens with one attached hydrogen (secondary N) is 2. The van der Waals surface area contributed by atoms with Gasteiger partial charge in [0.25, 0.3) is 0 Å². The van der Waals surface area contributed by atoms with Crippen LogP contribution in [0.5, 0.6) is 0 Å². The van der Waals surface area contributed by atoms with Crippen LogP contribution < -0.4 is 10.6 Å². The third-order valence-electron chi connectivity index (χ3n) is 4.67. The van der Waals surface area contributed by atoms with Crippen LogP contribution in [0.15, 0.2) is 4.99 Å². The molecule has 1 aliphatic rings. The van der Waals surface area contributed by atoms with E-state index in [1.807, 2.05) is 18.8 Å². The van der Waals surface area contributed by atoms with Crippen molar-refractivity contribution in [1.29, 1.82) is 0 Å². The Hall–Kier alpha value is -1.52. The third kappa shape index (κ3) is 3.99. The van der Waals surface area contributed by atoms with Crippen molar-refractivity contribution in [1.82, 2.24) is 20.4 Å². The smallest absolute Gasteiger partial charge is 0.191 e. The fourth-order valence-electron chi connectivity index (χ4n) is 3.04. The average Bonchev–Trinajstić information content (AvgIpc) is 2.71. The molecule has 0 spiro atoms. The Morgan fingerprint density at radius 1 is 1.29 bits per heavy atom. The van der Waals surface area contributed by atoms with E-state index in [2.05, 4.69) is 41.5 Å². The van der Waals surface area contributed by atoms with Gasteiger partial charge in [-0.05, 0) is 45.4 Å². The molecule has 1 aromatic rings. The molecule has 5 nitrogen and oxygen atoms in total. The Bertz CT molecular complexity index is 495. The van der Waals surface area contributed by atoms with Gasteiger partial charge in [0, 0.05) is 37.9 Å². The molecule has 0 bridgehead atoms. The largest absolute Gasteiger partial charge is 0.354 e. The summed E-state index contributed by atoms with van der Waals surface area (Å²) < 4.78 is 1.94. The lowest BCUT2D eigenvalue weighted by atomic mass is 9.87. The van der Waals surface area contributed by atoms with Gasteiger partial charge in [0.1, 0.15) is 0 Å². The number of hydrogen-bond donors (Lipinski definition) is 2. The summed E-state index contributed by atoms with van der Waals surface area (Å²) in [7, 11) is 3.83. The minimum atomic E-state index is 0.559. The minimum absolute atomic E-state index is 0.559. The zero-order valence-corrected chi connectivity index (χ0v) is 14.0. The molecule has 118 valence electrons. The molecule has 1 aliphatic carbocycles. The van der Waals surface area contributed by atoms with Crippen LogP contribution in [0.3, 0.4) is 0 Å². The maximum atomic E-state index is 4.45. The molecule has 2 N–H and O–H groups in total. The maximum Gasteiger partial charge on any atom is 0.191 e. The minimum Gasteiger partial charge on any atom is -0.354 e. The van der Waals surface area contributed by atoms with E-state index in [0.717, 1.165) is 24.1 Å². The molecular weight excluding hydrogens is 262 g/mol. The number of nitrogens with zero attached hydrogens (tertiary/aromatic N) is 3. The van der Waals surface area contributed by atoms with Gasteiger partial charge in [-0.1, -0.05) is 6.92 Å². The Morgan fingerprint density at radius 3 is 2.48 bits per heavy atom. The summed E-state index contributed by atoms with van der Waals surface area (Å²) in [6.07, 6.45) is 5.12. The molecule has 1 saturated carbocycles. The van der Waals surface area contributed by atoms with E-state index in [0.29, 0.717) is 6.04 Å². The molecule has 1 heterocycles. The highest BCUT2D eigenvalue weighted by Crippen LogP contribution is 2.23. The second-order valence-electron chi connectivity index (χ2n) is 6.30. The van der Waals surface area contributed by atoms with Crippen molar-refractivity contribution in [3.8, 4) is 0 Å². The first kappa shape index (κ1) is 15.9. The first-order valence-corrected chi connectivity index (χ1v) is 7.97. The van der Waals surface area contributed by atoms with E-state index in [1.165, 1.54) is 36.9 Å². The lowest BCUT2D eigenvalue weighted by molar-refractivity contribution is 0.329. The second-order valence-corrected chi connectivity index (χ2v) is 6.30. The molecule has 2 rings (SSSR count). The van der Waals surface area contributed by atoms with Crippen LogP contribution in [-0.4, -0.2) is 28.8 Å². The lowest BCUT2D eigenvalue weighted by Gasteiger charge is -2.28. The van der Waals surface area contributed by atoms with Crippen LogP contribution >= 0.6 is 0 Å². The number of aromatic nitrogens is 2. The van der Waals surface area contributed by atoms with Gasteiger partial charge in [0.05, 0.1) is 5.69 Å². The zero-order chi connectivity index (χ0) is 15.4. The molecule has 21 heavy (non-hydrogen) atoms. The van der Waals surface area contributed by atoms with Gasteiger partial charge in [-0.2, -0.15) is 5.10 Å². The van der Waals surface area contributed by atoms with Crippen molar-refractivity contribution < 1.29 is 0 Å². The lowest BCUT2D eigenvalue weighted by Crippen LogP contribution is -2.44. The van der Waals surface area contributed by atoms with Gasteiger partial charge in [0.15, 0.2) is 5.96 Å². The van der Waals surface area contributed by atoms with Crippen LogP contribution in [0.1, 0.15) is 49.6 Å². The first-order chi connectivity index (χ1) is 10.0. The second kappa shape index (κ2) is 6.96. The van der Waals surface area contributed by atoms with E-state index >= 15 is 0 Å². The van der Waals surface area contributed by atoms with Crippen LogP contribution in [-0.2, 0) is 13.6 Å². The highest BCUT2D eigenvalue weighted by molar-refractivity contribution is 5.80. The van der Waals surface area contributed by atoms with Gasteiger partial charge in [-0.3, -0.25) is 9.67 Å². The molecule has 0 aliphatic heterocycles. The molecule has 1 aromatic heterocycles. The number of rotatable bonds is 3. The topological polar surface area (TPSA) is 54.2 Å². The summed E-state index contributed by atoms with van der Waals surface area (Å²) in [5, 5.41) is 11.4. The van der Waals surface area contributed by atoms with Crippen LogP contribution in [0.25, 0.3) is 0 Å². The SMILES string of the molecule is CN=C(NCc1c(C)nn(C)c1C)NC1CCC(C)CC1. The number of guanidine groups is 1. The van der Waals surface area contributed by atoms with Crippen molar-refractivity contribution in [2.24, 2.45) is 18.0 Å². The molecule has 0 aromatic carbocycles. The van der Waals surface area contributed by atoms with Crippen molar-refractivity contribution in [2.75, 3.05) is 7.05 Å². The van der Waals surface area contributed by atoms with Crippen LogP contribution in [0.2, 0.25) is 0 Å². The van der Waals surface area contributed by atoms with Gasteiger partial charge >= 0.3 is 0 Å². The predicted octanol–water partition coefficient (Wildman–Crippen LogP) is 2.28. The Kier molecular flexibility index (Phi) is 5.26. The molecule has 0 unspecified atom stereocenters. The highest BCUT2D eigenvalue weighted by atomic mass is 15.3. The quantitative estimate of drug-likeness (QED) is 0.663. The van der Waals surface area contributed by atoms with E-state index in [9.17, 15) is 0 Å². The summed E-state index contributed by atoms with van der Waals surface area (Å²) in [6, 6.07) is 0.559. The molecular formula is C16H29N5. The van der Waals surface area contributed by atoms with Crippen LogP contribution in [0, 0.1) is 19.8 Å². The summed E-state index contributed by atoms with van der Waals surface area (Å²) in [6.45, 7) is 7.28. The van der Waals surface area contributed by atoms with Crippen molar-refractivity contribution in [3.05, 3.63) is 17.0 Å². The summed E-state index contributed by atoms with van der Waals surface area (Å²) >= 11 is 0. The number of aliphatic imine (C=N–C) groups is 1. The molecule has 0 saturated heterocycles. The predicted molar refractivity (Wildman–Crippen MR) is 87.4 cm³/mol. The average molecular weight is 291 g/mol. The number of hydrogen-bond acceptors (Lipinski definition) is 2. The van der Waals surface area contributed by atoms with Crippen LogP contribution in [0.4, 0.5) is 0 Å². The van der Waals surface area contributed by atoms with Crippen molar-refractivity contribution in [2.45, 2.75) is 59.0 Å². The summed E-state index contributed by atoms with van der Waals surface area (Å²) in [5.41, 5.74) is 3.56. The maximum absolute atomic E-state index is 4.45. The third-order valence-corrected chi connectivity index (χ3v) is 4.67. The summed E-state index contributed by atoms with van der Waals surface area (Å²) in [5.74, 6) is 1.77.